The Morgan fingerprint density at radius 2 is 1.21 bits per heavy atom. The molecule has 2 aromatic carbocycles. The van der Waals surface area contributed by atoms with Crippen LogP contribution in [0.15, 0.2) is 36.4 Å². The Kier molecular flexibility index (Phi) is 4.09. The third-order valence-electron chi connectivity index (χ3n) is 3.86. The molecular formula is C19H24. The second-order valence-electron chi connectivity index (χ2n) is 5.14. The highest BCUT2D eigenvalue weighted by Gasteiger charge is 2.26. The Morgan fingerprint density at radius 1 is 0.789 bits per heavy atom. The van der Waals surface area contributed by atoms with E-state index in [0.717, 1.165) is 0 Å². The lowest BCUT2D eigenvalue weighted by Crippen LogP contribution is -1.94. The summed E-state index contributed by atoms with van der Waals surface area (Å²) in [6.07, 6.45) is 1.19. The zero-order valence-electron chi connectivity index (χ0n) is 12.7. The molecule has 0 radical (unpaired) electrons. The van der Waals surface area contributed by atoms with Crippen LogP contribution in [0.25, 0.3) is 11.1 Å². The van der Waals surface area contributed by atoms with Gasteiger partial charge in [-0.1, -0.05) is 68.3 Å². The maximum absolute atomic E-state index is 2.36. The van der Waals surface area contributed by atoms with Crippen LogP contribution < -0.4 is 0 Å². The minimum absolute atomic E-state index is 0.597. The quantitative estimate of drug-likeness (QED) is 0.597. The monoisotopic (exact) mass is 252 g/mol. The van der Waals surface area contributed by atoms with E-state index in [9.17, 15) is 0 Å². The van der Waals surface area contributed by atoms with Gasteiger partial charge in [-0.25, -0.2) is 0 Å². The molecule has 100 valence electrons. The molecule has 0 heterocycles. The van der Waals surface area contributed by atoms with Gasteiger partial charge in [0.15, 0.2) is 0 Å². The van der Waals surface area contributed by atoms with Crippen molar-refractivity contribution >= 4 is 0 Å². The van der Waals surface area contributed by atoms with E-state index >= 15 is 0 Å². The third kappa shape index (κ3) is 2.32. The minimum Gasteiger partial charge on any atom is -0.0683 e. The molecule has 1 aliphatic carbocycles. The fourth-order valence-corrected chi connectivity index (χ4v) is 3.04. The molecule has 19 heavy (non-hydrogen) atoms. The van der Waals surface area contributed by atoms with Gasteiger partial charge >= 0.3 is 0 Å². The summed E-state index contributed by atoms with van der Waals surface area (Å²) in [5.41, 5.74) is 8.66. The van der Waals surface area contributed by atoms with Crippen LogP contribution >= 0.6 is 0 Å². The summed E-state index contributed by atoms with van der Waals surface area (Å²) in [5, 5.41) is 0. The third-order valence-corrected chi connectivity index (χ3v) is 3.86. The van der Waals surface area contributed by atoms with Crippen molar-refractivity contribution in [2.24, 2.45) is 0 Å². The van der Waals surface area contributed by atoms with Crippen molar-refractivity contribution in [2.75, 3.05) is 0 Å². The fourth-order valence-electron chi connectivity index (χ4n) is 3.04. The Hall–Kier alpha value is -1.56. The second-order valence-corrected chi connectivity index (χ2v) is 5.14. The maximum Gasteiger partial charge on any atom is 0.00992 e. The lowest BCUT2D eigenvalue weighted by Gasteiger charge is -2.11. The number of aryl methyl sites for hydroxylation is 2. The molecule has 0 atom stereocenters. The summed E-state index contributed by atoms with van der Waals surface area (Å²) in [6.45, 7) is 10.6. The fraction of sp³-hybridized carbons (Fsp3) is 0.368. The van der Waals surface area contributed by atoms with Crippen molar-refractivity contribution in [3.05, 3.63) is 58.7 Å². The zero-order chi connectivity index (χ0) is 14.0. The van der Waals surface area contributed by atoms with Crippen molar-refractivity contribution in [1.82, 2.24) is 0 Å². The van der Waals surface area contributed by atoms with Crippen LogP contribution in [0.4, 0.5) is 0 Å². The first kappa shape index (κ1) is 13.9. The van der Waals surface area contributed by atoms with Gasteiger partial charge in [-0.3, -0.25) is 0 Å². The normalized spacial score (nSPS) is 12.5. The van der Waals surface area contributed by atoms with E-state index in [1.807, 2.05) is 13.8 Å². The van der Waals surface area contributed by atoms with Gasteiger partial charge in [0.25, 0.3) is 0 Å². The van der Waals surface area contributed by atoms with E-state index in [-0.39, 0.29) is 0 Å². The Bertz CT molecular complexity index is 527. The lowest BCUT2D eigenvalue weighted by atomic mass is 9.93. The molecule has 0 N–H and O–H groups in total. The van der Waals surface area contributed by atoms with Gasteiger partial charge in [-0.2, -0.15) is 0 Å². The van der Waals surface area contributed by atoms with Crippen LogP contribution in [0.1, 0.15) is 55.4 Å². The van der Waals surface area contributed by atoms with Crippen LogP contribution in [0.2, 0.25) is 0 Å². The van der Waals surface area contributed by atoms with Crippen molar-refractivity contribution in [1.29, 1.82) is 0 Å². The predicted molar refractivity (Wildman–Crippen MR) is 84.8 cm³/mol. The molecule has 0 aliphatic heterocycles. The molecule has 0 saturated carbocycles. The van der Waals surface area contributed by atoms with E-state index < -0.39 is 0 Å². The highest BCUT2D eigenvalue weighted by Crippen LogP contribution is 2.46. The zero-order valence-corrected chi connectivity index (χ0v) is 12.7. The van der Waals surface area contributed by atoms with Crippen molar-refractivity contribution < 1.29 is 0 Å². The SMILES string of the molecule is CC.CCC1c2cc(C)ccc2-c2ccc(C)cc21. The standard InChI is InChI=1S/C17H18.C2H6/c1-4-13-16-9-11(2)5-7-14(16)15-8-6-12(3)10-17(13)15;1-2/h5-10,13H,4H2,1-3H3;1-2H3. The highest BCUT2D eigenvalue weighted by molar-refractivity contribution is 5.79. The number of rotatable bonds is 1. The van der Waals surface area contributed by atoms with Crippen LogP contribution in [0, 0.1) is 13.8 Å². The summed E-state index contributed by atoms with van der Waals surface area (Å²) in [4.78, 5) is 0. The van der Waals surface area contributed by atoms with Crippen LogP contribution in [0.5, 0.6) is 0 Å². The maximum atomic E-state index is 2.36. The summed E-state index contributed by atoms with van der Waals surface area (Å²) in [6, 6.07) is 13.7. The first-order valence-corrected chi connectivity index (χ1v) is 7.42. The molecule has 1 aliphatic rings. The largest absolute Gasteiger partial charge is 0.0683 e. The number of hydrogen-bond donors (Lipinski definition) is 0. The molecule has 0 spiro atoms. The van der Waals surface area contributed by atoms with Crippen molar-refractivity contribution in [2.45, 2.75) is 47.0 Å². The van der Waals surface area contributed by atoms with Crippen LogP contribution in [-0.4, -0.2) is 0 Å². The number of fused-ring (bicyclic) bond motifs is 3. The van der Waals surface area contributed by atoms with Crippen molar-refractivity contribution in [3.63, 3.8) is 0 Å². The lowest BCUT2D eigenvalue weighted by molar-refractivity contribution is 0.795. The van der Waals surface area contributed by atoms with E-state index in [1.165, 1.54) is 39.8 Å². The van der Waals surface area contributed by atoms with E-state index in [0.29, 0.717) is 5.92 Å². The van der Waals surface area contributed by atoms with Gasteiger partial charge in [0.1, 0.15) is 0 Å². The molecule has 0 fully saturated rings. The number of benzene rings is 2. The Balaban J connectivity index is 0.000000637. The molecule has 0 aromatic heterocycles. The first-order valence-electron chi connectivity index (χ1n) is 7.42. The average Bonchev–Trinajstić information content (AvgIpc) is 2.72. The smallest absolute Gasteiger partial charge is 0.00992 e. The molecular weight excluding hydrogens is 228 g/mol. The predicted octanol–water partition coefficient (Wildman–Crippen LogP) is 5.85. The van der Waals surface area contributed by atoms with Gasteiger partial charge < -0.3 is 0 Å². The average molecular weight is 252 g/mol. The molecule has 0 unspecified atom stereocenters. The van der Waals surface area contributed by atoms with Gasteiger partial charge in [0.2, 0.25) is 0 Å². The minimum atomic E-state index is 0.597. The Morgan fingerprint density at radius 3 is 1.58 bits per heavy atom. The Labute approximate surface area is 117 Å². The molecule has 0 nitrogen and oxygen atoms in total. The molecule has 0 saturated heterocycles. The summed E-state index contributed by atoms with van der Waals surface area (Å²) in [7, 11) is 0. The highest BCUT2D eigenvalue weighted by atomic mass is 14.3. The van der Waals surface area contributed by atoms with Crippen molar-refractivity contribution in [3.8, 4) is 11.1 Å². The molecule has 2 aromatic rings. The molecule has 3 rings (SSSR count). The molecule has 0 heteroatoms. The van der Waals surface area contributed by atoms with E-state index in [2.05, 4.69) is 57.2 Å². The number of hydrogen-bond acceptors (Lipinski definition) is 0. The first-order chi connectivity index (χ1) is 9.20. The summed E-state index contributed by atoms with van der Waals surface area (Å²) >= 11 is 0. The van der Waals surface area contributed by atoms with Crippen LogP contribution in [-0.2, 0) is 0 Å². The summed E-state index contributed by atoms with van der Waals surface area (Å²) in [5.74, 6) is 0.597. The van der Waals surface area contributed by atoms with E-state index in [4.69, 9.17) is 0 Å². The topological polar surface area (TPSA) is 0 Å². The van der Waals surface area contributed by atoms with E-state index in [1.54, 1.807) is 0 Å². The summed E-state index contributed by atoms with van der Waals surface area (Å²) < 4.78 is 0. The van der Waals surface area contributed by atoms with Gasteiger partial charge in [0.05, 0.1) is 0 Å². The molecule has 0 bridgehead atoms. The molecule has 0 amide bonds. The van der Waals surface area contributed by atoms with Gasteiger partial charge in [-0.05, 0) is 42.5 Å². The van der Waals surface area contributed by atoms with Gasteiger partial charge in [0, 0.05) is 5.92 Å². The van der Waals surface area contributed by atoms with Gasteiger partial charge in [-0.15, -0.1) is 0 Å². The van der Waals surface area contributed by atoms with Crippen LogP contribution in [0.3, 0.4) is 0 Å². The second kappa shape index (κ2) is 5.61.